The predicted molar refractivity (Wildman–Crippen MR) is 156 cm³/mol. The Morgan fingerprint density at radius 1 is 0.810 bits per heavy atom. The van der Waals surface area contributed by atoms with Crippen LogP contribution in [0.25, 0.3) is 11.1 Å². The van der Waals surface area contributed by atoms with E-state index in [1.807, 2.05) is 30.3 Å². The van der Waals surface area contributed by atoms with Crippen molar-refractivity contribution < 1.29 is 28.5 Å². The number of fused-ring (bicyclic) bond motifs is 3. The standard InChI is InChI=1S/C35H29NO6/c1-35(2)31-18-26(41-33(37)23-7-5-22(20-36)6-8-23)13-15-29(31)30-16-14-27(19-32(30)35)42-34(38)24-9-11-25(12-10-24)39-17-3-4-28-21-40-28/h5-16,18-19,28H,3-4,17,21H2,1-2H3. The number of esters is 2. The summed E-state index contributed by atoms with van der Waals surface area (Å²) in [6, 6.07) is 26.6. The highest BCUT2D eigenvalue weighted by molar-refractivity contribution is 5.92. The molecule has 1 atom stereocenters. The molecule has 0 radical (unpaired) electrons. The summed E-state index contributed by atoms with van der Waals surface area (Å²) in [7, 11) is 0. The van der Waals surface area contributed by atoms with Crippen molar-refractivity contribution in [2.24, 2.45) is 0 Å². The van der Waals surface area contributed by atoms with E-state index in [-0.39, 0.29) is 0 Å². The Kier molecular flexibility index (Phi) is 7.24. The topological polar surface area (TPSA) is 98.2 Å². The fraction of sp³-hybridized carbons (Fsp3) is 0.229. The lowest BCUT2D eigenvalue weighted by atomic mass is 9.82. The molecule has 7 heteroatoms. The Hall–Kier alpha value is -4.93. The number of epoxide rings is 1. The molecule has 4 aromatic rings. The van der Waals surface area contributed by atoms with Crippen LogP contribution in [0.1, 0.15) is 64.1 Å². The molecule has 42 heavy (non-hydrogen) atoms. The summed E-state index contributed by atoms with van der Waals surface area (Å²) in [5, 5.41) is 8.98. The number of nitrogens with zero attached hydrogens (tertiary/aromatic N) is 1. The minimum atomic E-state index is -0.495. The van der Waals surface area contributed by atoms with Gasteiger partial charge in [0.25, 0.3) is 0 Å². The lowest BCUT2D eigenvalue weighted by Gasteiger charge is -2.22. The van der Waals surface area contributed by atoms with E-state index in [1.54, 1.807) is 60.7 Å². The van der Waals surface area contributed by atoms with Gasteiger partial charge >= 0.3 is 11.9 Å². The maximum Gasteiger partial charge on any atom is 0.343 e. The van der Waals surface area contributed by atoms with E-state index in [0.717, 1.165) is 41.7 Å². The van der Waals surface area contributed by atoms with E-state index in [4.69, 9.17) is 24.2 Å². The van der Waals surface area contributed by atoms with Crippen LogP contribution in [0.4, 0.5) is 0 Å². The van der Waals surface area contributed by atoms with E-state index in [2.05, 4.69) is 13.8 Å². The van der Waals surface area contributed by atoms with Crippen molar-refractivity contribution in [3.63, 3.8) is 0 Å². The number of hydrogen-bond donors (Lipinski definition) is 0. The fourth-order valence-corrected chi connectivity index (χ4v) is 5.26. The highest BCUT2D eigenvalue weighted by Crippen LogP contribution is 2.50. The minimum Gasteiger partial charge on any atom is -0.494 e. The first kappa shape index (κ1) is 27.3. The molecule has 0 N–H and O–H groups in total. The number of carbonyl (C=O) groups excluding carboxylic acids is 2. The van der Waals surface area contributed by atoms with Gasteiger partial charge in [0.15, 0.2) is 0 Å². The van der Waals surface area contributed by atoms with Gasteiger partial charge in [-0.15, -0.1) is 0 Å². The summed E-state index contributed by atoms with van der Waals surface area (Å²) in [6.45, 7) is 5.64. The number of benzene rings is 4. The third-order valence-corrected chi connectivity index (χ3v) is 7.72. The zero-order chi connectivity index (χ0) is 29.3. The molecule has 0 saturated carbocycles. The maximum atomic E-state index is 12.9. The zero-order valence-corrected chi connectivity index (χ0v) is 23.4. The van der Waals surface area contributed by atoms with Gasteiger partial charge in [0, 0.05) is 5.41 Å². The van der Waals surface area contributed by atoms with Crippen LogP contribution < -0.4 is 14.2 Å². The summed E-state index contributed by atoms with van der Waals surface area (Å²) in [5.41, 5.74) is 4.94. The first-order valence-corrected chi connectivity index (χ1v) is 13.9. The fourth-order valence-electron chi connectivity index (χ4n) is 5.26. The Bertz CT molecular complexity index is 1700. The van der Waals surface area contributed by atoms with Crippen LogP contribution in [0.3, 0.4) is 0 Å². The van der Waals surface area contributed by atoms with Crippen LogP contribution in [0, 0.1) is 11.3 Å². The van der Waals surface area contributed by atoms with Gasteiger partial charge in [0.2, 0.25) is 0 Å². The van der Waals surface area contributed by atoms with Gasteiger partial charge in [-0.05, 0) is 108 Å². The molecule has 1 heterocycles. The molecule has 1 aliphatic heterocycles. The lowest BCUT2D eigenvalue weighted by molar-refractivity contribution is 0.0725. The van der Waals surface area contributed by atoms with Gasteiger partial charge in [-0.1, -0.05) is 26.0 Å². The second kappa shape index (κ2) is 11.2. The second-order valence-corrected chi connectivity index (χ2v) is 11.0. The van der Waals surface area contributed by atoms with E-state index in [9.17, 15) is 9.59 Å². The number of carbonyl (C=O) groups is 2. The SMILES string of the molecule is CC1(C)c2cc(OC(=O)c3ccc(C#N)cc3)ccc2-c2ccc(OC(=O)c3ccc(OCCCC4CO4)cc3)cc21. The maximum absolute atomic E-state index is 12.9. The van der Waals surface area contributed by atoms with Crippen molar-refractivity contribution in [3.05, 3.63) is 113 Å². The van der Waals surface area contributed by atoms with E-state index < -0.39 is 17.4 Å². The second-order valence-electron chi connectivity index (χ2n) is 11.0. The Balaban J connectivity index is 1.13. The lowest BCUT2D eigenvalue weighted by Crippen LogP contribution is -2.16. The van der Waals surface area contributed by atoms with E-state index in [1.165, 1.54) is 0 Å². The molecule has 7 nitrogen and oxygen atoms in total. The largest absolute Gasteiger partial charge is 0.494 e. The molecule has 210 valence electrons. The summed E-state index contributed by atoms with van der Waals surface area (Å²) in [6.07, 6.45) is 2.33. The Morgan fingerprint density at radius 2 is 1.31 bits per heavy atom. The average Bonchev–Trinajstić information content (AvgIpc) is 3.81. The summed E-state index contributed by atoms with van der Waals surface area (Å²) in [5.74, 6) is 0.653. The zero-order valence-electron chi connectivity index (χ0n) is 23.4. The molecule has 2 aliphatic rings. The third-order valence-electron chi connectivity index (χ3n) is 7.72. The summed E-state index contributed by atoms with van der Waals surface area (Å²) < 4.78 is 22.4. The minimum absolute atomic E-state index is 0.366. The van der Waals surface area contributed by atoms with E-state index >= 15 is 0 Å². The highest BCUT2D eigenvalue weighted by Gasteiger charge is 2.36. The van der Waals surface area contributed by atoms with Crippen molar-refractivity contribution >= 4 is 11.9 Å². The molecule has 0 amide bonds. The molecule has 1 aliphatic carbocycles. The van der Waals surface area contributed by atoms with Gasteiger partial charge in [-0.3, -0.25) is 0 Å². The first-order chi connectivity index (χ1) is 20.3. The number of ether oxygens (including phenoxy) is 4. The molecule has 0 bridgehead atoms. The van der Waals surface area contributed by atoms with Gasteiger partial charge < -0.3 is 18.9 Å². The molecule has 1 saturated heterocycles. The first-order valence-electron chi connectivity index (χ1n) is 13.9. The van der Waals surface area contributed by atoms with Crippen molar-refractivity contribution in [2.75, 3.05) is 13.2 Å². The molecular formula is C35H29NO6. The van der Waals surface area contributed by atoms with Crippen LogP contribution in [0.15, 0.2) is 84.9 Å². The Labute approximate surface area is 244 Å². The monoisotopic (exact) mass is 559 g/mol. The van der Waals surface area contributed by atoms with Crippen LogP contribution in [-0.4, -0.2) is 31.3 Å². The van der Waals surface area contributed by atoms with Crippen molar-refractivity contribution in [2.45, 2.75) is 38.2 Å². The molecular weight excluding hydrogens is 530 g/mol. The summed E-state index contributed by atoms with van der Waals surface area (Å²) in [4.78, 5) is 25.6. The van der Waals surface area contributed by atoms with Crippen molar-refractivity contribution in [1.29, 1.82) is 5.26 Å². The third kappa shape index (κ3) is 5.63. The highest BCUT2D eigenvalue weighted by atomic mass is 16.6. The number of nitriles is 1. The van der Waals surface area contributed by atoms with Crippen LogP contribution in [0.5, 0.6) is 17.2 Å². The average molecular weight is 560 g/mol. The van der Waals surface area contributed by atoms with Crippen LogP contribution in [-0.2, 0) is 10.2 Å². The molecule has 1 unspecified atom stereocenters. The molecule has 4 aromatic carbocycles. The number of rotatable bonds is 9. The normalized spacial score (nSPS) is 15.6. The molecule has 1 fully saturated rings. The van der Waals surface area contributed by atoms with Gasteiger partial charge in [-0.2, -0.15) is 5.26 Å². The molecule has 0 aromatic heterocycles. The smallest absolute Gasteiger partial charge is 0.343 e. The molecule has 0 spiro atoms. The van der Waals surface area contributed by atoms with Gasteiger partial charge in [0.05, 0.1) is 42.1 Å². The van der Waals surface area contributed by atoms with Gasteiger partial charge in [0.1, 0.15) is 17.2 Å². The molecule has 6 rings (SSSR count). The Morgan fingerprint density at radius 3 is 1.81 bits per heavy atom. The number of hydrogen-bond acceptors (Lipinski definition) is 7. The quantitative estimate of drug-likeness (QED) is 0.0956. The van der Waals surface area contributed by atoms with Crippen molar-refractivity contribution in [3.8, 4) is 34.4 Å². The van der Waals surface area contributed by atoms with Gasteiger partial charge in [-0.25, -0.2) is 9.59 Å². The summed E-state index contributed by atoms with van der Waals surface area (Å²) >= 11 is 0. The van der Waals surface area contributed by atoms with Crippen molar-refractivity contribution in [1.82, 2.24) is 0 Å². The van der Waals surface area contributed by atoms with E-state index in [0.29, 0.717) is 46.6 Å². The predicted octanol–water partition coefficient (Wildman–Crippen LogP) is 6.86. The van der Waals surface area contributed by atoms with Crippen LogP contribution in [0.2, 0.25) is 0 Å². The van der Waals surface area contributed by atoms with Crippen LogP contribution >= 0.6 is 0 Å².